The van der Waals surface area contributed by atoms with Crippen LogP contribution in [-0.4, -0.2) is 55.2 Å². The minimum atomic E-state index is 0.0143. The summed E-state index contributed by atoms with van der Waals surface area (Å²) < 4.78 is 5.76. The van der Waals surface area contributed by atoms with Gasteiger partial charge in [0.15, 0.2) is 12.6 Å². The second-order valence-electron chi connectivity index (χ2n) is 7.18. The molecule has 0 saturated carbocycles. The fourth-order valence-corrected chi connectivity index (χ4v) is 4.62. The fraction of sp³-hybridized carbons (Fsp3) is 0.600. The Hall–Kier alpha value is -1.89. The molecule has 0 bridgehead atoms. The highest BCUT2D eigenvalue weighted by atomic mass is 32.2. The summed E-state index contributed by atoms with van der Waals surface area (Å²) >= 11 is 2.03. The molecule has 1 aromatic carbocycles. The van der Waals surface area contributed by atoms with Gasteiger partial charge in [0, 0.05) is 24.4 Å². The van der Waals surface area contributed by atoms with Crippen LogP contribution in [0.25, 0.3) is 0 Å². The first-order valence-corrected chi connectivity index (χ1v) is 10.8. The van der Waals surface area contributed by atoms with E-state index in [1.807, 2.05) is 40.9 Å². The number of hydrogen-bond acceptors (Lipinski definition) is 4. The summed E-state index contributed by atoms with van der Waals surface area (Å²) in [6.45, 7) is 7.60. The van der Waals surface area contributed by atoms with Crippen molar-refractivity contribution in [2.75, 3.05) is 43.4 Å². The first kappa shape index (κ1) is 19.9. The van der Waals surface area contributed by atoms with Gasteiger partial charge in [-0.15, -0.1) is 0 Å². The van der Waals surface area contributed by atoms with E-state index in [0.29, 0.717) is 6.54 Å². The minimum absolute atomic E-state index is 0.0143. The van der Waals surface area contributed by atoms with Crippen molar-refractivity contribution in [1.82, 2.24) is 10.6 Å². The number of anilines is 1. The van der Waals surface area contributed by atoms with Crippen molar-refractivity contribution in [3.05, 3.63) is 24.3 Å². The molecule has 1 aromatic rings. The number of carbonyl (C=O) groups excluding carboxylic acids is 1. The normalized spacial score (nSPS) is 22.4. The van der Waals surface area contributed by atoms with Crippen LogP contribution in [0.1, 0.15) is 33.1 Å². The van der Waals surface area contributed by atoms with E-state index in [-0.39, 0.29) is 17.3 Å². The highest BCUT2D eigenvalue weighted by Crippen LogP contribution is 2.37. The Morgan fingerprint density at radius 2 is 2.22 bits per heavy atom. The smallest absolute Gasteiger partial charge is 0.265 e. The Balaban J connectivity index is 1.49. The zero-order valence-electron chi connectivity index (χ0n) is 16.3. The van der Waals surface area contributed by atoms with Crippen LogP contribution in [0.15, 0.2) is 29.3 Å². The molecule has 0 aromatic heterocycles. The predicted molar refractivity (Wildman–Crippen MR) is 113 cm³/mol. The molecule has 6 nitrogen and oxygen atoms in total. The average Bonchev–Trinajstić information content (AvgIpc) is 3.11. The molecule has 0 radical (unpaired) electrons. The Bertz CT molecular complexity index is 674. The topological polar surface area (TPSA) is 66.0 Å². The highest BCUT2D eigenvalue weighted by molar-refractivity contribution is 8.00. The Morgan fingerprint density at radius 3 is 3.00 bits per heavy atom. The molecule has 1 unspecified atom stereocenters. The number of nitrogens with one attached hydrogen (secondary N) is 2. The summed E-state index contributed by atoms with van der Waals surface area (Å²) in [6.07, 6.45) is 3.37. The van der Waals surface area contributed by atoms with Crippen molar-refractivity contribution < 1.29 is 9.53 Å². The van der Waals surface area contributed by atoms with E-state index >= 15 is 0 Å². The molecule has 2 aliphatic heterocycles. The molecule has 2 N–H and O–H groups in total. The maximum absolute atomic E-state index is 12.2. The number of ether oxygens (including phenoxy) is 1. The number of aliphatic imine (C=N–C) groups is 1. The zero-order valence-corrected chi connectivity index (χ0v) is 17.1. The first-order valence-electron chi connectivity index (χ1n) is 9.80. The van der Waals surface area contributed by atoms with Crippen LogP contribution in [-0.2, 0) is 4.79 Å². The van der Waals surface area contributed by atoms with E-state index in [2.05, 4.69) is 24.5 Å². The monoisotopic (exact) mass is 390 g/mol. The first-order chi connectivity index (χ1) is 13.1. The molecule has 2 aliphatic rings. The van der Waals surface area contributed by atoms with Gasteiger partial charge in [-0.1, -0.05) is 12.1 Å². The molecule has 1 fully saturated rings. The number of para-hydroxylation sites is 2. The van der Waals surface area contributed by atoms with E-state index < -0.39 is 0 Å². The predicted octanol–water partition coefficient (Wildman–Crippen LogP) is 2.64. The zero-order chi connectivity index (χ0) is 19.1. The maximum atomic E-state index is 12.2. The van der Waals surface area contributed by atoms with Crippen molar-refractivity contribution in [2.24, 2.45) is 4.99 Å². The lowest BCUT2D eigenvalue weighted by Crippen LogP contribution is -2.42. The van der Waals surface area contributed by atoms with Crippen molar-refractivity contribution in [3.8, 4) is 5.75 Å². The third-order valence-electron chi connectivity index (χ3n) is 4.88. The highest BCUT2D eigenvalue weighted by Gasteiger charge is 2.29. The molecular weight excluding hydrogens is 360 g/mol. The van der Waals surface area contributed by atoms with Gasteiger partial charge >= 0.3 is 0 Å². The van der Waals surface area contributed by atoms with Gasteiger partial charge in [0.1, 0.15) is 5.75 Å². The van der Waals surface area contributed by atoms with Gasteiger partial charge < -0.3 is 20.3 Å². The summed E-state index contributed by atoms with van der Waals surface area (Å²) in [5.41, 5.74) is 0.862. The van der Waals surface area contributed by atoms with Crippen LogP contribution in [0, 0.1) is 0 Å². The molecule has 2 heterocycles. The number of nitrogens with zero attached hydrogens (tertiary/aromatic N) is 2. The molecule has 7 heteroatoms. The van der Waals surface area contributed by atoms with Gasteiger partial charge in [-0.3, -0.25) is 9.79 Å². The van der Waals surface area contributed by atoms with Crippen LogP contribution in [0.5, 0.6) is 5.75 Å². The van der Waals surface area contributed by atoms with Gasteiger partial charge in [0.2, 0.25) is 0 Å². The average molecular weight is 391 g/mol. The van der Waals surface area contributed by atoms with Crippen LogP contribution in [0.4, 0.5) is 5.69 Å². The van der Waals surface area contributed by atoms with E-state index in [1.165, 1.54) is 18.6 Å². The molecule has 1 atom stereocenters. The largest absolute Gasteiger partial charge is 0.482 e. The Labute approximate surface area is 166 Å². The maximum Gasteiger partial charge on any atom is 0.265 e. The number of guanidine groups is 1. The molecular formula is C20H30N4O2S. The summed E-state index contributed by atoms with van der Waals surface area (Å²) in [6, 6.07) is 7.70. The van der Waals surface area contributed by atoms with E-state index in [9.17, 15) is 4.79 Å². The minimum Gasteiger partial charge on any atom is -0.482 e. The lowest BCUT2D eigenvalue weighted by Gasteiger charge is -2.29. The Morgan fingerprint density at radius 1 is 1.37 bits per heavy atom. The quantitative estimate of drug-likeness (QED) is 0.426. The van der Waals surface area contributed by atoms with E-state index in [4.69, 9.17) is 9.73 Å². The summed E-state index contributed by atoms with van der Waals surface area (Å²) in [5, 5.41) is 6.72. The second-order valence-corrected chi connectivity index (χ2v) is 8.86. The lowest BCUT2D eigenvalue weighted by molar-refractivity contribution is -0.121. The van der Waals surface area contributed by atoms with Crippen LogP contribution < -0.4 is 20.3 Å². The lowest BCUT2D eigenvalue weighted by atomic mass is 10.1. The van der Waals surface area contributed by atoms with Crippen molar-refractivity contribution in [2.45, 2.75) is 37.9 Å². The third kappa shape index (κ3) is 5.31. The number of carbonyl (C=O) groups is 1. The van der Waals surface area contributed by atoms with Gasteiger partial charge in [0.25, 0.3) is 5.91 Å². The fourth-order valence-electron chi connectivity index (χ4n) is 3.39. The molecule has 1 saturated heterocycles. The Kier molecular flexibility index (Phi) is 6.88. The molecule has 0 aliphatic carbocycles. The van der Waals surface area contributed by atoms with Crippen molar-refractivity contribution in [3.63, 3.8) is 0 Å². The van der Waals surface area contributed by atoms with Gasteiger partial charge in [-0.25, -0.2) is 0 Å². The van der Waals surface area contributed by atoms with Crippen LogP contribution in [0.2, 0.25) is 0 Å². The SMILES string of the molecule is CCNC(=NCC1(C)CCCS1)NCCCN1C(=O)COc2ccccc21. The van der Waals surface area contributed by atoms with Gasteiger partial charge in [0.05, 0.1) is 12.2 Å². The van der Waals surface area contributed by atoms with Crippen LogP contribution >= 0.6 is 11.8 Å². The molecule has 148 valence electrons. The molecule has 1 amide bonds. The molecule has 0 spiro atoms. The number of amides is 1. The summed E-state index contributed by atoms with van der Waals surface area (Å²) in [7, 11) is 0. The number of hydrogen-bond donors (Lipinski definition) is 2. The van der Waals surface area contributed by atoms with E-state index in [0.717, 1.165) is 43.5 Å². The number of rotatable bonds is 7. The van der Waals surface area contributed by atoms with Crippen LogP contribution in [0.3, 0.4) is 0 Å². The number of benzene rings is 1. The number of thioether (sulfide) groups is 1. The van der Waals surface area contributed by atoms with Gasteiger partial charge in [-0.2, -0.15) is 11.8 Å². The van der Waals surface area contributed by atoms with E-state index in [1.54, 1.807) is 0 Å². The van der Waals surface area contributed by atoms with Crippen molar-refractivity contribution >= 4 is 29.3 Å². The standard InChI is InChI=1S/C20H30N4O2S/c1-3-21-19(23-15-20(2)10-6-13-27-20)22-11-7-12-24-16-8-4-5-9-17(16)26-14-18(24)25/h4-5,8-9H,3,6-7,10-15H2,1-2H3,(H2,21,22,23). The molecule has 3 rings (SSSR count). The third-order valence-corrected chi connectivity index (χ3v) is 6.40. The second kappa shape index (κ2) is 9.35. The van der Waals surface area contributed by atoms with Gasteiger partial charge in [-0.05, 0) is 51.0 Å². The summed E-state index contributed by atoms with van der Waals surface area (Å²) in [4.78, 5) is 18.8. The molecule has 27 heavy (non-hydrogen) atoms. The summed E-state index contributed by atoms with van der Waals surface area (Å²) in [5.74, 6) is 2.90. The van der Waals surface area contributed by atoms with Crippen molar-refractivity contribution in [1.29, 1.82) is 0 Å². The number of fused-ring (bicyclic) bond motifs is 1.